The summed E-state index contributed by atoms with van der Waals surface area (Å²) in [5.74, 6) is 1.71. The molecule has 1 aromatic rings. The number of rotatable bonds is 1. The van der Waals surface area contributed by atoms with Crippen LogP contribution in [-0.2, 0) is 0 Å². The molecule has 2 fully saturated rings. The van der Waals surface area contributed by atoms with Crippen LogP contribution in [0.15, 0.2) is 10.6 Å². The van der Waals surface area contributed by atoms with Crippen molar-refractivity contribution in [3.8, 4) is 0 Å². The smallest absolute Gasteiger partial charge is 0.276 e. The average molecular weight is 235 g/mol. The molecule has 0 unspecified atom stereocenters. The van der Waals surface area contributed by atoms with Gasteiger partial charge in [-0.15, -0.1) is 0 Å². The van der Waals surface area contributed by atoms with Gasteiger partial charge in [0.15, 0.2) is 5.69 Å². The molecule has 0 bridgehead atoms. The summed E-state index contributed by atoms with van der Waals surface area (Å²) in [5, 5.41) is 3.78. The Bertz CT molecular complexity index is 443. The summed E-state index contributed by atoms with van der Waals surface area (Å²) in [7, 11) is 0. The van der Waals surface area contributed by atoms with Crippen LogP contribution in [0.25, 0.3) is 0 Å². The summed E-state index contributed by atoms with van der Waals surface area (Å²) in [6.07, 6.45) is 2.24. The van der Waals surface area contributed by atoms with Gasteiger partial charge in [0.25, 0.3) is 5.91 Å². The van der Waals surface area contributed by atoms with Crippen LogP contribution in [0, 0.1) is 18.8 Å². The first-order valence-corrected chi connectivity index (χ1v) is 6.13. The predicted octanol–water partition coefficient (Wildman–Crippen LogP) is 0.792. The number of nitrogens with zero attached hydrogens (tertiary/aromatic N) is 2. The summed E-state index contributed by atoms with van der Waals surface area (Å²) < 4.78 is 4.94. The maximum absolute atomic E-state index is 12.2. The lowest BCUT2D eigenvalue weighted by atomic mass is 9.98. The van der Waals surface area contributed by atoms with E-state index in [0.717, 1.165) is 25.9 Å². The molecule has 1 amide bonds. The minimum Gasteiger partial charge on any atom is -0.361 e. The molecular formula is C12H17N3O2. The SMILES string of the molecule is Cc1cc(C(=O)N2C[C@@H]3CC[C@@H](N)[C@@H]3C2)no1. The maximum atomic E-state index is 12.2. The zero-order valence-corrected chi connectivity index (χ0v) is 9.93. The summed E-state index contributed by atoms with van der Waals surface area (Å²) in [6.45, 7) is 3.39. The van der Waals surface area contributed by atoms with Crippen LogP contribution >= 0.6 is 0 Å². The average Bonchev–Trinajstić information content (AvgIpc) is 2.96. The van der Waals surface area contributed by atoms with Gasteiger partial charge in [0, 0.05) is 25.2 Å². The number of fused-ring (bicyclic) bond motifs is 1. The van der Waals surface area contributed by atoms with Gasteiger partial charge in [0.05, 0.1) is 0 Å². The fourth-order valence-corrected chi connectivity index (χ4v) is 3.10. The number of hydrogen-bond acceptors (Lipinski definition) is 4. The second-order valence-corrected chi connectivity index (χ2v) is 5.20. The van der Waals surface area contributed by atoms with Gasteiger partial charge in [-0.1, -0.05) is 5.16 Å². The maximum Gasteiger partial charge on any atom is 0.276 e. The molecule has 5 heteroatoms. The van der Waals surface area contributed by atoms with Crippen molar-refractivity contribution >= 4 is 5.91 Å². The first kappa shape index (κ1) is 10.8. The standard InChI is InChI=1S/C12H17N3O2/c1-7-4-11(14-17-7)12(16)15-5-8-2-3-10(13)9(8)6-15/h4,8-10H,2-3,5-6,13H2,1H3/t8-,9+,10+/m0/s1. The lowest BCUT2D eigenvalue weighted by Gasteiger charge is -2.17. The Kier molecular flexibility index (Phi) is 2.43. The molecule has 1 aromatic heterocycles. The molecule has 0 spiro atoms. The molecule has 1 saturated carbocycles. The Labute approximate surface area is 99.9 Å². The highest BCUT2D eigenvalue weighted by atomic mass is 16.5. The second-order valence-electron chi connectivity index (χ2n) is 5.20. The lowest BCUT2D eigenvalue weighted by molar-refractivity contribution is 0.0769. The molecule has 92 valence electrons. The third kappa shape index (κ3) is 1.74. The third-order valence-electron chi connectivity index (χ3n) is 4.05. The molecule has 3 rings (SSSR count). The zero-order valence-electron chi connectivity index (χ0n) is 9.93. The minimum absolute atomic E-state index is 0.0246. The first-order chi connectivity index (χ1) is 8.15. The first-order valence-electron chi connectivity index (χ1n) is 6.13. The van der Waals surface area contributed by atoms with Crippen LogP contribution < -0.4 is 5.73 Å². The number of carbonyl (C=O) groups excluding carboxylic acids is 1. The molecule has 1 aliphatic heterocycles. The van der Waals surface area contributed by atoms with E-state index in [0.29, 0.717) is 23.3 Å². The Morgan fingerprint density at radius 2 is 2.35 bits per heavy atom. The molecule has 2 aliphatic rings. The Hall–Kier alpha value is -1.36. The van der Waals surface area contributed by atoms with Crippen molar-refractivity contribution in [2.45, 2.75) is 25.8 Å². The normalized spacial score (nSPS) is 31.9. The van der Waals surface area contributed by atoms with E-state index in [1.807, 2.05) is 4.90 Å². The molecule has 2 N–H and O–H groups in total. The summed E-state index contributed by atoms with van der Waals surface area (Å²) in [4.78, 5) is 14.0. The van der Waals surface area contributed by atoms with Crippen molar-refractivity contribution in [3.05, 3.63) is 17.5 Å². The number of aryl methyl sites for hydroxylation is 1. The number of nitrogens with two attached hydrogens (primary N) is 1. The number of aromatic nitrogens is 1. The molecule has 3 atom stereocenters. The van der Waals surface area contributed by atoms with Gasteiger partial charge in [-0.2, -0.15) is 0 Å². The quantitative estimate of drug-likeness (QED) is 0.781. The summed E-state index contributed by atoms with van der Waals surface area (Å²) in [6, 6.07) is 1.95. The number of carbonyl (C=O) groups is 1. The molecule has 5 nitrogen and oxygen atoms in total. The van der Waals surface area contributed by atoms with Crippen molar-refractivity contribution in [1.29, 1.82) is 0 Å². The predicted molar refractivity (Wildman–Crippen MR) is 61.3 cm³/mol. The molecular weight excluding hydrogens is 218 g/mol. The topological polar surface area (TPSA) is 72.4 Å². The van der Waals surface area contributed by atoms with Crippen LogP contribution in [0.2, 0.25) is 0 Å². The number of hydrogen-bond donors (Lipinski definition) is 1. The number of amides is 1. The second kappa shape index (κ2) is 3.84. The summed E-state index contributed by atoms with van der Waals surface area (Å²) in [5.41, 5.74) is 6.47. The minimum atomic E-state index is -0.0246. The van der Waals surface area contributed by atoms with Crippen LogP contribution in [0.1, 0.15) is 29.1 Å². The van der Waals surface area contributed by atoms with Gasteiger partial charge in [-0.25, -0.2) is 0 Å². The van der Waals surface area contributed by atoms with Crippen molar-refractivity contribution in [3.63, 3.8) is 0 Å². The van der Waals surface area contributed by atoms with E-state index in [2.05, 4.69) is 5.16 Å². The van der Waals surface area contributed by atoms with Crippen LogP contribution in [0.5, 0.6) is 0 Å². The van der Waals surface area contributed by atoms with E-state index >= 15 is 0 Å². The van der Waals surface area contributed by atoms with Gasteiger partial charge in [-0.05, 0) is 31.6 Å². The van der Waals surface area contributed by atoms with E-state index < -0.39 is 0 Å². The fraction of sp³-hybridized carbons (Fsp3) is 0.667. The molecule has 17 heavy (non-hydrogen) atoms. The van der Waals surface area contributed by atoms with Gasteiger partial charge in [0.2, 0.25) is 0 Å². The van der Waals surface area contributed by atoms with E-state index in [1.54, 1.807) is 13.0 Å². The van der Waals surface area contributed by atoms with Crippen molar-refractivity contribution < 1.29 is 9.32 Å². The van der Waals surface area contributed by atoms with E-state index in [-0.39, 0.29) is 11.9 Å². The van der Waals surface area contributed by atoms with Crippen molar-refractivity contribution in [2.75, 3.05) is 13.1 Å². The fourth-order valence-electron chi connectivity index (χ4n) is 3.10. The van der Waals surface area contributed by atoms with Crippen molar-refractivity contribution in [2.24, 2.45) is 17.6 Å². The van der Waals surface area contributed by atoms with Gasteiger partial charge in [0.1, 0.15) is 5.76 Å². The van der Waals surface area contributed by atoms with Gasteiger partial charge < -0.3 is 15.2 Å². The summed E-state index contributed by atoms with van der Waals surface area (Å²) >= 11 is 0. The van der Waals surface area contributed by atoms with Gasteiger partial charge >= 0.3 is 0 Å². The van der Waals surface area contributed by atoms with E-state index in [4.69, 9.17) is 10.3 Å². The zero-order chi connectivity index (χ0) is 12.0. The third-order valence-corrected chi connectivity index (χ3v) is 4.05. The van der Waals surface area contributed by atoms with Crippen LogP contribution in [0.4, 0.5) is 0 Å². The Balaban J connectivity index is 1.73. The molecule has 1 saturated heterocycles. The highest BCUT2D eigenvalue weighted by molar-refractivity contribution is 5.92. The van der Waals surface area contributed by atoms with Gasteiger partial charge in [-0.3, -0.25) is 4.79 Å². The number of likely N-dealkylation sites (tertiary alicyclic amines) is 1. The highest BCUT2D eigenvalue weighted by Gasteiger charge is 2.42. The van der Waals surface area contributed by atoms with Crippen LogP contribution in [-0.4, -0.2) is 35.1 Å². The molecule has 0 radical (unpaired) electrons. The Morgan fingerprint density at radius 1 is 1.53 bits per heavy atom. The van der Waals surface area contributed by atoms with E-state index in [1.165, 1.54) is 0 Å². The highest BCUT2D eigenvalue weighted by Crippen LogP contribution is 2.37. The molecule has 2 heterocycles. The van der Waals surface area contributed by atoms with Crippen molar-refractivity contribution in [1.82, 2.24) is 10.1 Å². The largest absolute Gasteiger partial charge is 0.361 e. The lowest BCUT2D eigenvalue weighted by Crippen LogP contribution is -2.33. The molecule has 0 aromatic carbocycles. The van der Waals surface area contributed by atoms with Crippen LogP contribution in [0.3, 0.4) is 0 Å². The Morgan fingerprint density at radius 3 is 3.00 bits per heavy atom. The monoisotopic (exact) mass is 235 g/mol. The molecule has 1 aliphatic carbocycles. The van der Waals surface area contributed by atoms with E-state index in [9.17, 15) is 4.79 Å².